The first-order valence-electron chi connectivity index (χ1n) is 6.10. The van der Waals surface area contributed by atoms with Crippen molar-refractivity contribution in [2.24, 2.45) is 0 Å². The van der Waals surface area contributed by atoms with E-state index in [1.807, 2.05) is 42.7 Å². The number of aryl methyl sites for hydroxylation is 1. The van der Waals surface area contributed by atoms with Gasteiger partial charge in [0, 0.05) is 10.3 Å². The maximum Gasteiger partial charge on any atom is 0.0776 e. The van der Waals surface area contributed by atoms with Crippen molar-refractivity contribution in [1.82, 2.24) is 0 Å². The van der Waals surface area contributed by atoms with E-state index >= 15 is 0 Å². The molecule has 0 unspecified atom stereocenters. The molecule has 0 heterocycles. The van der Waals surface area contributed by atoms with Gasteiger partial charge in [0.1, 0.15) is 0 Å². The smallest absolute Gasteiger partial charge is 0.0776 e. The molecule has 0 radical (unpaired) electrons. The van der Waals surface area contributed by atoms with Crippen molar-refractivity contribution in [2.75, 3.05) is 0 Å². The van der Waals surface area contributed by atoms with Gasteiger partial charge < -0.3 is 0 Å². The van der Waals surface area contributed by atoms with Gasteiger partial charge in [0.15, 0.2) is 0 Å². The van der Waals surface area contributed by atoms with Crippen molar-refractivity contribution in [3.63, 3.8) is 0 Å². The maximum atomic E-state index is 12.0. The lowest BCUT2D eigenvalue weighted by Gasteiger charge is -2.07. The summed E-state index contributed by atoms with van der Waals surface area (Å²) in [7, 11) is -1.01. The third-order valence-corrected chi connectivity index (χ3v) is 4.11. The van der Waals surface area contributed by atoms with Crippen molar-refractivity contribution in [3.05, 3.63) is 53.0 Å². The monoisotopic (exact) mass is 246 g/mol. The lowest BCUT2D eigenvalue weighted by molar-refractivity contribution is 0.688. The SMILES string of the molecule is Cc1ccc([S@](=O)/C=C/C2=CCCCC2)cc1. The Labute approximate surface area is 106 Å². The third-order valence-electron chi connectivity index (χ3n) is 2.99. The lowest BCUT2D eigenvalue weighted by Crippen LogP contribution is -1.90. The van der Waals surface area contributed by atoms with E-state index in [4.69, 9.17) is 0 Å². The van der Waals surface area contributed by atoms with Crippen LogP contribution >= 0.6 is 0 Å². The first-order chi connectivity index (χ1) is 8.25. The second kappa shape index (κ2) is 5.97. The van der Waals surface area contributed by atoms with Crippen LogP contribution in [0.1, 0.15) is 31.2 Å². The molecular weight excluding hydrogens is 228 g/mol. The molecule has 0 aromatic heterocycles. The summed E-state index contributed by atoms with van der Waals surface area (Å²) >= 11 is 0. The molecular formula is C15H18OS. The molecule has 0 saturated carbocycles. The average molecular weight is 246 g/mol. The summed E-state index contributed by atoms with van der Waals surface area (Å²) in [6, 6.07) is 7.87. The number of hydrogen-bond donors (Lipinski definition) is 0. The Morgan fingerprint density at radius 1 is 1.18 bits per heavy atom. The minimum atomic E-state index is -1.01. The van der Waals surface area contributed by atoms with Crippen molar-refractivity contribution < 1.29 is 4.21 Å². The van der Waals surface area contributed by atoms with Gasteiger partial charge >= 0.3 is 0 Å². The van der Waals surface area contributed by atoms with Crippen molar-refractivity contribution in [1.29, 1.82) is 0 Å². The second-order valence-electron chi connectivity index (χ2n) is 4.44. The molecule has 1 aliphatic carbocycles. The minimum absolute atomic E-state index is 0.878. The highest BCUT2D eigenvalue weighted by Gasteiger charge is 2.02. The van der Waals surface area contributed by atoms with Gasteiger partial charge in [-0.25, -0.2) is 4.21 Å². The fourth-order valence-corrected chi connectivity index (χ4v) is 2.77. The second-order valence-corrected chi connectivity index (χ2v) is 5.78. The van der Waals surface area contributed by atoms with E-state index in [1.165, 1.54) is 24.0 Å². The molecule has 0 bridgehead atoms. The highest BCUT2D eigenvalue weighted by atomic mass is 32.2. The molecule has 1 aromatic carbocycles. The van der Waals surface area contributed by atoms with E-state index in [1.54, 1.807) is 0 Å². The molecule has 0 spiro atoms. The highest BCUT2D eigenvalue weighted by molar-refractivity contribution is 7.88. The molecule has 2 heteroatoms. The van der Waals surface area contributed by atoms with Crippen molar-refractivity contribution >= 4 is 10.8 Å². The zero-order chi connectivity index (χ0) is 12.1. The number of benzene rings is 1. The molecule has 0 aliphatic heterocycles. The largest absolute Gasteiger partial charge is 0.250 e. The summed E-state index contributed by atoms with van der Waals surface area (Å²) < 4.78 is 12.0. The van der Waals surface area contributed by atoms with Gasteiger partial charge in [-0.1, -0.05) is 35.4 Å². The van der Waals surface area contributed by atoms with Crippen LogP contribution in [-0.4, -0.2) is 4.21 Å². The number of hydrogen-bond acceptors (Lipinski definition) is 1. The van der Waals surface area contributed by atoms with Crippen molar-refractivity contribution in [2.45, 2.75) is 37.5 Å². The summed E-state index contributed by atoms with van der Waals surface area (Å²) in [5, 5.41) is 1.81. The minimum Gasteiger partial charge on any atom is -0.250 e. The third kappa shape index (κ3) is 3.67. The van der Waals surface area contributed by atoms with Gasteiger partial charge in [-0.2, -0.15) is 0 Å². The van der Waals surface area contributed by atoms with Gasteiger partial charge in [0.25, 0.3) is 0 Å². The number of rotatable bonds is 3. The van der Waals surface area contributed by atoms with Gasteiger partial charge in [0.2, 0.25) is 0 Å². The molecule has 1 nitrogen and oxygen atoms in total. The zero-order valence-corrected chi connectivity index (χ0v) is 11.0. The van der Waals surface area contributed by atoms with Crippen LogP contribution < -0.4 is 0 Å². The summed E-state index contributed by atoms with van der Waals surface area (Å²) in [5.41, 5.74) is 2.53. The quantitative estimate of drug-likeness (QED) is 0.784. The Kier molecular flexibility index (Phi) is 4.32. The molecule has 2 rings (SSSR count). The van der Waals surface area contributed by atoms with E-state index < -0.39 is 10.8 Å². The molecule has 1 atom stereocenters. The van der Waals surface area contributed by atoms with Crippen LogP contribution in [-0.2, 0) is 10.8 Å². The van der Waals surface area contributed by atoms with Crippen LogP contribution in [0.5, 0.6) is 0 Å². The zero-order valence-electron chi connectivity index (χ0n) is 10.2. The molecule has 0 amide bonds. The Bertz CT molecular complexity index is 454. The van der Waals surface area contributed by atoms with Crippen LogP contribution in [0.15, 0.2) is 52.3 Å². The van der Waals surface area contributed by atoms with Gasteiger partial charge in [0.05, 0.1) is 10.8 Å². The Balaban J connectivity index is 2.03. The average Bonchev–Trinajstić information content (AvgIpc) is 2.38. The van der Waals surface area contributed by atoms with Crippen LogP contribution in [0.2, 0.25) is 0 Å². The van der Waals surface area contributed by atoms with Crippen molar-refractivity contribution in [3.8, 4) is 0 Å². The molecule has 0 fully saturated rings. The summed E-state index contributed by atoms with van der Waals surface area (Å²) in [4.78, 5) is 0.878. The van der Waals surface area contributed by atoms with Gasteiger partial charge in [-0.05, 0) is 44.7 Å². The molecule has 1 aliphatic rings. The fourth-order valence-electron chi connectivity index (χ4n) is 1.91. The standard InChI is InChI=1S/C15H18OS/c1-13-7-9-15(10-8-13)17(16)12-11-14-5-3-2-4-6-14/h5,7-12H,2-4,6H2,1H3/b12-11+/t17-/m1/s1. The molecule has 1 aromatic rings. The normalized spacial score (nSPS) is 18.1. The van der Waals surface area contributed by atoms with Crippen LogP contribution in [0.4, 0.5) is 0 Å². The van der Waals surface area contributed by atoms with Crippen LogP contribution in [0, 0.1) is 6.92 Å². The topological polar surface area (TPSA) is 17.1 Å². The highest BCUT2D eigenvalue weighted by Crippen LogP contribution is 2.19. The summed E-state index contributed by atoms with van der Waals surface area (Å²) in [6.07, 6.45) is 9.12. The fraction of sp³-hybridized carbons (Fsp3) is 0.333. The molecule has 0 saturated heterocycles. The van der Waals surface area contributed by atoms with E-state index in [-0.39, 0.29) is 0 Å². The van der Waals surface area contributed by atoms with E-state index in [0.717, 1.165) is 17.7 Å². The first kappa shape index (κ1) is 12.3. The molecule has 0 N–H and O–H groups in total. The Morgan fingerprint density at radius 3 is 2.59 bits per heavy atom. The predicted octanol–water partition coefficient (Wildman–Crippen LogP) is 4.12. The van der Waals surface area contributed by atoms with E-state index in [2.05, 4.69) is 6.08 Å². The van der Waals surface area contributed by atoms with Crippen LogP contribution in [0.3, 0.4) is 0 Å². The van der Waals surface area contributed by atoms with E-state index in [0.29, 0.717) is 0 Å². The summed E-state index contributed by atoms with van der Waals surface area (Å²) in [6.45, 7) is 2.04. The molecule has 17 heavy (non-hydrogen) atoms. The van der Waals surface area contributed by atoms with Gasteiger partial charge in [-0.15, -0.1) is 0 Å². The van der Waals surface area contributed by atoms with Crippen LogP contribution in [0.25, 0.3) is 0 Å². The number of allylic oxidation sites excluding steroid dienone is 3. The lowest BCUT2D eigenvalue weighted by atomic mass is 10.0. The Hall–Kier alpha value is -1.15. The van der Waals surface area contributed by atoms with E-state index in [9.17, 15) is 4.21 Å². The molecule has 90 valence electrons. The first-order valence-corrected chi connectivity index (χ1v) is 7.31. The predicted molar refractivity (Wildman–Crippen MR) is 73.3 cm³/mol. The Morgan fingerprint density at radius 2 is 1.94 bits per heavy atom. The van der Waals surface area contributed by atoms with Gasteiger partial charge in [-0.3, -0.25) is 0 Å². The summed E-state index contributed by atoms with van der Waals surface area (Å²) in [5.74, 6) is 0. The maximum absolute atomic E-state index is 12.0.